The molecule has 0 N–H and O–H groups in total. The Hall–Kier alpha value is -4.72. The average Bonchev–Trinajstić information content (AvgIpc) is 3.33. The van der Waals surface area contributed by atoms with E-state index in [1.165, 1.54) is 15.2 Å². The molecule has 6 rings (SSSR count). The molecule has 0 saturated heterocycles. The van der Waals surface area contributed by atoms with Gasteiger partial charge in [-0.2, -0.15) is 0 Å². The zero-order chi connectivity index (χ0) is 24.8. The number of rotatable bonds is 5. The first kappa shape index (κ1) is 21.8. The molecule has 178 valence electrons. The Morgan fingerprint density at radius 3 is 2.44 bits per heavy atom. The predicted octanol–water partition coefficient (Wildman–Crippen LogP) is 3.74. The van der Waals surface area contributed by atoms with Gasteiger partial charge in [0.2, 0.25) is 0 Å². The van der Waals surface area contributed by atoms with E-state index in [9.17, 15) is 14.4 Å². The first-order valence-corrected chi connectivity index (χ1v) is 11.7. The monoisotopic (exact) mass is 478 g/mol. The van der Waals surface area contributed by atoms with Crippen LogP contribution in [0, 0.1) is 0 Å². The first-order valence-electron chi connectivity index (χ1n) is 11.7. The van der Waals surface area contributed by atoms with Gasteiger partial charge >= 0.3 is 11.3 Å². The molecule has 6 aromatic rings. The normalized spacial score (nSPS) is 11.6. The minimum atomic E-state index is -0.537. The van der Waals surface area contributed by atoms with Crippen LogP contribution in [0.5, 0.6) is 0 Å². The van der Waals surface area contributed by atoms with E-state index < -0.39 is 16.9 Å². The summed E-state index contributed by atoms with van der Waals surface area (Å²) in [6.07, 6.45) is 1.58. The number of aromatic nitrogens is 4. The minimum Gasteiger partial charge on any atom is -0.423 e. The maximum atomic E-state index is 13.8. The number of benzene rings is 3. The average molecular weight is 479 g/mol. The predicted molar refractivity (Wildman–Crippen MR) is 139 cm³/mol. The summed E-state index contributed by atoms with van der Waals surface area (Å²) < 4.78 is 9.91. The van der Waals surface area contributed by atoms with E-state index in [0.29, 0.717) is 34.2 Å². The van der Waals surface area contributed by atoms with Crippen molar-refractivity contribution in [3.8, 4) is 0 Å². The molecule has 0 spiro atoms. The van der Waals surface area contributed by atoms with Crippen LogP contribution in [0.4, 0.5) is 0 Å². The molecule has 0 aliphatic carbocycles. The van der Waals surface area contributed by atoms with Gasteiger partial charge in [0.25, 0.3) is 5.56 Å². The van der Waals surface area contributed by atoms with Gasteiger partial charge in [0.15, 0.2) is 11.2 Å². The Kier molecular flexibility index (Phi) is 5.14. The van der Waals surface area contributed by atoms with E-state index in [1.54, 1.807) is 17.0 Å². The Labute approximate surface area is 204 Å². The van der Waals surface area contributed by atoms with Crippen molar-refractivity contribution in [2.45, 2.75) is 26.6 Å². The van der Waals surface area contributed by atoms with E-state index >= 15 is 0 Å². The molecular formula is C28H22N4O4. The van der Waals surface area contributed by atoms with Crippen LogP contribution in [-0.2, 0) is 19.6 Å². The highest BCUT2D eigenvalue weighted by atomic mass is 16.4. The smallest absolute Gasteiger partial charge is 0.336 e. The lowest BCUT2D eigenvalue weighted by atomic mass is 10.0. The Balaban J connectivity index is 1.63. The van der Waals surface area contributed by atoms with Crippen LogP contribution in [0.2, 0.25) is 0 Å². The highest BCUT2D eigenvalue weighted by molar-refractivity contribution is 6.07. The van der Waals surface area contributed by atoms with E-state index in [4.69, 9.17) is 4.42 Å². The molecule has 0 unspecified atom stereocenters. The molecule has 0 saturated carbocycles. The molecule has 0 atom stereocenters. The molecule has 8 nitrogen and oxygen atoms in total. The number of hydrogen-bond acceptors (Lipinski definition) is 5. The molecule has 0 aliphatic heterocycles. The fourth-order valence-electron chi connectivity index (χ4n) is 4.84. The van der Waals surface area contributed by atoms with Crippen molar-refractivity contribution >= 4 is 32.9 Å². The second-order valence-corrected chi connectivity index (χ2v) is 8.70. The fraction of sp³-hybridized carbons (Fsp3) is 0.143. The molecule has 0 aliphatic rings. The fourth-order valence-corrected chi connectivity index (χ4v) is 4.84. The molecule has 36 heavy (non-hydrogen) atoms. The topological polar surface area (TPSA) is 92.0 Å². The van der Waals surface area contributed by atoms with Gasteiger partial charge in [0, 0.05) is 18.0 Å². The number of hydrogen-bond donors (Lipinski definition) is 0. The number of aryl methyl sites for hydroxylation is 1. The Morgan fingerprint density at radius 2 is 1.64 bits per heavy atom. The molecular weight excluding hydrogens is 456 g/mol. The van der Waals surface area contributed by atoms with Gasteiger partial charge in [0.1, 0.15) is 5.58 Å². The van der Waals surface area contributed by atoms with Gasteiger partial charge in [-0.3, -0.25) is 13.9 Å². The quantitative estimate of drug-likeness (QED) is 0.278. The number of nitrogens with zero attached hydrogens (tertiary/aromatic N) is 4. The summed E-state index contributed by atoms with van der Waals surface area (Å²) in [6.45, 7) is 2.63. The SMILES string of the molecule is CCn1cnc2c1c(=O)n(Cc1cc(=O)oc3ccc4ccccc4c13)c(=O)n2Cc1ccccc1. The van der Waals surface area contributed by atoms with Gasteiger partial charge in [-0.15, -0.1) is 0 Å². The minimum absolute atomic E-state index is 0.0760. The molecule has 3 heterocycles. The summed E-state index contributed by atoms with van der Waals surface area (Å²) in [5.74, 6) is 0. The highest BCUT2D eigenvalue weighted by Crippen LogP contribution is 2.27. The van der Waals surface area contributed by atoms with E-state index in [-0.39, 0.29) is 13.1 Å². The van der Waals surface area contributed by atoms with Gasteiger partial charge in [-0.05, 0) is 34.9 Å². The second-order valence-electron chi connectivity index (χ2n) is 8.70. The van der Waals surface area contributed by atoms with E-state index in [2.05, 4.69) is 4.98 Å². The van der Waals surface area contributed by atoms with Crippen LogP contribution in [0.3, 0.4) is 0 Å². The van der Waals surface area contributed by atoms with Crippen LogP contribution < -0.4 is 16.9 Å². The molecule has 3 aromatic carbocycles. The Morgan fingerprint density at radius 1 is 0.861 bits per heavy atom. The lowest BCUT2D eigenvalue weighted by Gasteiger charge is -2.14. The second kappa shape index (κ2) is 8.49. The lowest BCUT2D eigenvalue weighted by Crippen LogP contribution is -2.41. The number of fused-ring (bicyclic) bond motifs is 4. The third kappa shape index (κ3) is 3.46. The summed E-state index contributed by atoms with van der Waals surface area (Å²) in [6, 6.07) is 22.3. The van der Waals surface area contributed by atoms with Crippen molar-refractivity contribution in [1.29, 1.82) is 0 Å². The van der Waals surface area contributed by atoms with Crippen LogP contribution in [0.15, 0.2) is 97.9 Å². The Bertz CT molecular complexity index is 1950. The maximum absolute atomic E-state index is 13.8. The van der Waals surface area contributed by atoms with Crippen molar-refractivity contribution in [2.75, 3.05) is 0 Å². The summed E-state index contributed by atoms with van der Waals surface area (Å²) in [5, 5.41) is 2.55. The van der Waals surface area contributed by atoms with E-state index in [1.807, 2.05) is 67.6 Å². The molecule has 0 fully saturated rings. The summed E-state index contributed by atoms with van der Waals surface area (Å²) >= 11 is 0. The maximum Gasteiger partial charge on any atom is 0.336 e. The lowest BCUT2D eigenvalue weighted by molar-refractivity contribution is 0.556. The van der Waals surface area contributed by atoms with Gasteiger partial charge in [-0.25, -0.2) is 14.6 Å². The summed E-state index contributed by atoms with van der Waals surface area (Å²) in [4.78, 5) is 44.3. The van der Waals surface area contributed by atoms with Crippen molar-refractivity contribution < 1.29 is 4.42 Å². The molecule has 8 heteroatoms. The van der Waals surface area contributed by atoms with Crippen molar-refractivity contribution in [3.05, 3.63) is 122 Å². The standard InChI is InChI=1S/C28H22N4O4/c1-2-30-17-29-26-25(30)27(34)32(28(35)31(26)15-18-8-4-3-5-9-18)16-20-14-23(33)36-22-13-12-19-10-6-7-11-21(19)24(20)22/h3-14,17H,2,15-16H2,1H3. The van der Waals surface area contributed by atoms with Crippen molar-refractivity contribution in [2.24, 2.45) is 0 Å². The zero-order valence-corrected chi connectivity index (χ0v) is 19.5. The highest BCUT2D eigenvalue weighted by Gasteiger charge is 2.20. The third-order valence-electron chi connectivity index (χ3n) is 6.55. The van der Waals surface area contributed by atoms with Crippen molar-refractivity contribution in [3.63, 3.8) is 0 Å². The van der Waals surface area contributed by atoms with Crippen LogP contribution in [0.1, 0.15) is 18.1 Å². The van der Waals surface area contributed by atoms with Gasteiger partial charge in [0.05, 0.1) is 19.4 Å². The molecule has 3 aromatic heterocycles. The number of imidazole rings is 1. The van der Waals surface area contributed by atoms with Crippen LogP contribution >= 0.6 is 0 Å². The summed E-state index contributed by atoms with van der Waals surface area (Å²) in [7, 11) is 0. The first-order chi connectivity index (χ1) is 17.5. The largest absolute Gasteiger partial charge is 0.423 e. The molecule has 0 bridgehead atoms. The van der Waals surface area contributed by atoms with E-state index in [0.717, 1.165) is 16.3 Å². The molecule has 0 radical (unpaired) electrons. The van der Waals surface area contributed by atoms with Crippen LogP contribution in [-0.4, -0.2) is 18.7 Å². The zero-order valence-electron chi connectivity index (χ0n) is 19.5. The van der Waals surface area contributed by atoms with Gasteiger partial charge < -0.3 is 8.98 Å². The third-order valence-corrected chi connectivity index (χ3v) is 6.55. The van der Waals surface area contributed by atoms with Crippen LogP contribution in [0.25, 0.3) is 32.9 Å². The van der Waals surface area contributed by atoms with Crippen molar-refractivity contribution in [1.82, 2.24) is 18.7 Å². The molecule has 0 amide bonds. The summed E-state index contributed by atoms with van der Waals surface area (Å²) in [5.41, 5.74) is 1.10. The van der Waals surface area contributed by atoms with Gasteiger partial charge in [-0.1, -0.05) is 60.7 Å².